The van der Waals surface area contributed by atoms with Crippen LogP contribution in [-0.4, -0.2) is 4.98 Å². The molecule has 0 aliphatic heterocycles. The third kappa shape index (κ3) is 1.95. The minimum absolute atomic E-state index is 0.685. The van der Waals surface area contributed by atoms with E-state index in [1.807, 2.05) is 41.9 Å². The predicted octanol–water partition coefficient (Wildman–Crippen LogP) is 4.38. The van der Waals surface area contributed by atoms with Crippen molar-refractivity contribution in [3.8, 4) is 0 Å². The molecule has 0 amide bonds. The molecule has 0 radical (unpaired) electrons. The molecular weight excluding hydrogens is 310 g/mol. The Morgan fingerprint density at radius 3 is 2.78 bits per heavy atom. The zero-order valence-electron chi connectivity index (χ0n) is 9.35. The Bertz CT molecular complexity index is 708. The van der Waals surface area contributed by atoms with Gasteiger partial charge in [0.25, 0.3) is 0 Å². The van der Waals surface area contributed by atoms with Crippen molar-refractivity contribution < 1.29 is 0 Å². The van der Waals surface area contributed by atoms with Gasteiger partial charge in [-0.15, -0.1) is 11.3 Å². The van der Waals surface area contributed by atoms with Crippen molar-refractivity contribution in [3.63, 3.8) is 0 Å². The highest BCUT2D eigenvalue weighted by atomic mass is 79.9. The number of nitrogens with two attached hydrogens (primary N) is 1. The van der Waals surface area contributed by atoms with E-state index in [-0.39, 0.29) is 0 Å². The van der Waals surface area contributed by atoms with Crippen molar-refractivity contribution in [2.75, 3.05) is 11.1 Å². The molecule has 1 heterocycles. The number of benzene rings is 2. The predicted molar refractivity (Wildman–Crippen MR) is 81.5 cm³/mol. The molecule has 0 fully saturated rings. The van der Waals surface area contributed by atoms with Gasteiger partial charge in [-0.25, -0.2) is 4.98 Å². The van der Waals surface area contributed by atoms with E-state index in [0.29, 0.717) is 5.69 Å². The highest BCUT2D eigenvalue weighted by Gasteiger charge is 2.08. The lowest BCUT2D eigenvalue weighted by atomic mass is 10.2. The van der Waals surface area contributed by atoms with Crippen molar-refractivity contribution >= 4 is 54.5 Å². The molecule has 0 saturated carbocycles. The normalized spacial score (nSPS) is 10.7. The van der Waals surface area contributed by atoms with E-state index in [9.17, 15) is 0 Å². The molecule has 3 rings (SSSR count). The molecule has 0 spiro atoms. The summed E-state index contributed by atoms with van der Waals surface area (Å²) < 4.78 is 2.10. The SMILES string of the molecule is Nc1c(Nc2ccccc2Br)ccc2scnc12. The van der Waals surface area contributed by atoms with Gasteiger partial charge in [-0.2, -0.15) is 0 Å². The number of hydrogen-bond acceptors (Lipinski definition) is 4. The molecule has 18 heavy (non-hydrogen) atoms. The van der Waals surface area contributed by atoms with E-state index in [0.717, 1.165) is 26.1 Å². The average molecular weight is 320 g/mol. The Kier molecular flexibility index (Phi) is 2.93. The third-order valence-corrected chi connectivity index (χ3v) is 4.17. The summed E-state index contributed by atoms with van der Waals surface area (Å²) in [7, 11) is 0. The number of anilines is 3. The van der Waals surface area contributed by atoms with E-state index in [1.54, 1.807) is 11.3 Å². The Morgan fingerprint density at radius 2 is 1.94 bits per heavy atom. The van der Waals surface area contributed by atoms with Crippen LogP contribution in [0.2, 0.25) is 0 Å². The van der Waals surface area contributed by atoms with Gasteiger partial charge in [0.1, 0.15) is 5.52 Å². The van der Waals surface area contributed by atoms with Crippen LogP contribution >= 0.6 is 27.3 Å². The molecule has 0 aliphatic carbocycles. The number of hydrogen-bond donors (Lipinski definition) is 2. The molecule has 90 valence electrons. The van der Waals surface area contributed by atoms with Crippen molar-refractivity contribution in [2.45, 2.75) is 0 Å². The molecule has 5 heteroatoms. The number of nitrogens with zero attached hydrogens (tertiary/aromatic N) is 1. The Morgan fingerprint density at radius 1 is 1.11 bits per heavy atom. The monoisotopic (exact) mass is 319 g/mol. The number of aromatic nitrogens is 1. The largest absolute Gasteiger partial charge is 0.395 e. The Hall–Kier alpha value is -1.59. The number of fused-ring (bicyclic) bond motifs is 1. The van der Waals surface area contributed by atoms with Crippen molar-refractivity contribution in [1.29, 1.82) is 0 Å². The lowest BCUT2D eigenvalue weighted by Crippen LogP contribution is -1.97. The molecule has 0 saturated heterocycles. The number of thiazole rings is 1. The lowest BCUT2D eigenvalue weighted by molar-refractivity contribution is 1.48. The molecule has 0 aliphatic rings. The summed E-state index contributed by atoms with van der Waals surface area (Å²) in [6, 6.07) is 11.9. The van der Waals surface area contributed by atoms with Gasteiger partial charge >= 0.3 is 0 Å². The molecule has 3 nitrogen and oxygen atoms in total. The molecule has 0 bridgehead atoms. The topological polar surface area (TPSA) is 50.9 Å². The summed E-state index contributed by atoms with van der Waals surface area (Å²) in [6.07, 6.45) is 0. The third-order valence-electron chi connectivity index (χ3n) is 2.68. The van der Waals surface area contributed by atoms with E-state index in [4.69, 9.17) is 5.73 Å². The zero-order valence-corrected chi connectivity index (χ0v) is 11.8. The first-order valence-corrected chi connectivity index (χ1v) is 7.06. The van der Waals surface area contributed by atoms with Gasteiger partial charge in [0.05, 0.1) is 27.3 Å². The summed E-state index contributed by atoms with van der Waals surface area (Å²) in [5, 5.41) is 3.32. The van der Waals surface area contributed by atoms with Crippen LogP contribution in [0, 0.1) is 0 Å². The van der Waals surface area contributed by atoms with Gasteiger partial charge in [-0.05, 0) is 40.2 Å². The summed E-state index contributed by atoms with van der Waals surface area (Å²) >= 11 is 5.10. The second kappa shape index (κ2) is 4.59. The number of para-hydroxylation sites is 1. The van der Waals surface area contributed by atoms with Crippen LogP contribution in [0.4, 0.5) is 17.1 Å². The number of rotatable bonds is 2. The lowest BCUT2D eigenvalue weighted by Gasteiger charge is -2.11. The van der Waals surface area contributed by atoms with Crippen LogP contribution in [0.15, 0.2) is 46.4 Å². The minimum atomic E-state index is 0.685. The average Bonchev–Trinajstić information content (AvgIpc) is 2.84. The second-order valence-corrected chi connectivity index (χ2v) is 5.57. The van der Waals surface area contributed by atoms with Gasteiger partial charge in [0.15, 0.2) is 0 Å². The quantitative estimate of drug-likeness (QED) is 0.689. The number of halogens is 1. The highest BCUT2D eigenvalue weighted by Crippen LogP contribution is 2.33. The summed E-state index contributed by atoms with van der Waals surface area (Å²) in [5.74, 6) is 0. The summed E-state index contributed by atoms with van der Waals surface area (Å²) in [4.78, 5) is 4.28. The number of nitrogens with one attached hydrogen (secondary N) is 1. The van der Waals surface area contributed by atoms with Gasteiger partial charge in [-0.3, -0.25) is 0 Å². The molecule has 0 atom stereocenters. The molecular formula is C13H10BrN3S. The highest BCUT2D eigenvalue weighted by molar-refractivity contribution is 9.10. The van der Waals surface area contributed by atoms with Crippen molar-refractivity contribution in [1.82, 2.24) is 4.98 Å². The summed E-state index contributed by atoms with van der Waals surface area (Å²) in [6.45, 7) is 0. The maximum absolute atomic E-state index is 6.13. The van der Waals surface area contributed by atoms with Gasteiger partial charge in [0, 0.05) is 4.47 Å². The van der Waals surface area contributed by atoms with Crippen LogP contribution in [0.5, 0.6) is 0 Å². The van der Waals surface area contributed by atoms with Crippen LogP contribution in [0.25, 0.3) is 10.2 Å². The van der Waals surface area contributed by atoms with E-state index >= 15 is 0 Å². The molecule has 3 aromatic rings. The minimum Gasteiger partial charge on any atom is -0.395 e. The molecule has 3 N–H and O–H groups in total. The van der Waals surface area contributed by atoms with Crippen LogP contribution in [-0.2, 0) is 0 Å². The maximum atomic E-state index is 6.13. The fourth-order valence-corrected chi connectivity index (χ4v) is 2.85. The smallest absolute Gasteiger partial charge is 0.106 e. The van der Waals surface area contributed by atoms with Gasteiger partial charge in [0.2, 0.25) is 0 Å². The summed E-state index contributed by atoms with van der Waals surface area (Å²) in [5.41, 5.74) is 11.3. The Labute approximate surface area is 117 Å². The van der Waals surface area contributed by atoms with E-state index in [1.165, 1.54) is 0 Å². The van der Waals surface area contributed by atoms with E-state index < -0.39 is 0 Å². The molecule has 2 aromatic carbocycles. The molecule has 1 aromatic heterocycles. The molecule has 0 unspecified atom stereocenters. The first-order valence-electron chi connectivity index (χ1n) is 5.39. The fraction of sp³-hybridized carbons (Fsp3) is 0. The second-order valence-electron chi connectivity index (χ2n) is 3.83. The van der Waals surface area contributed by atoms with Crippen molar-refractivity contribution in [2.24, 2.45) is 0 Å². The number of nitrogen functional groups attached to an aromatic ring is 1. The van der Waals surface area contributed by atoms with Crippen LogP contribution in [0.3, 0.4) is 0 Å². The van der Waals surface area contributed by atoms with Gasteiger partial charge < -0.3 is 11.1 Å². The first kappa shape index (κ1) is 11.5. The van der Waals surface area contributed by atoms with Crippen LogP contribution < -0.4 is 11.1 Å². The van der Waals surface area contributed by atoms with Crippen LogP contribution in [0.1, 0.15) is 0 Å². The fourth-order valence-electron chi connectivity index (χ4n) is 1.77. The van der Waals surface area contributed by atoms with E-state index in [2.05, 4.69) is 26.2 Å². The maximum Gasteiger partial charge on any atom is 0.106 e. The first-order chi connectivity index (χ1) is 8.75. The Balaban J connectivity index is 2.05. The van der Waals surface area contributed by atoms with Gasteiger partial charge in [-0.1, -0.05) is 12.1 Å². The zero-order chi connectivity index (χ0) is 12.5. The standard InChI is InChI=1S/C13H10BrN3S/c14-8-3-1-2-4-9(8)17-10-5-6-11-13(12(10)15)16-7-18-11/h1-7,17H,15H2. The van der Waals surface area contributed by atoms with Crippen molar-refractivity contribution in [3.05, 3.63) is 46.4 Å².